The van der Waals surface area contributed by atoms with Crippen LogP contribution in [0.3, 0.4) is 0 Å². The van der Waals surface area contributed by atoms with Gasteiger partial charge in [-0.25, -0.2) is 4.98 Å². The largest absolute Gasteiger partial charge is 0.378 e. The van der Waals surface area contributed by atoms with E-state index in [1.54, 1.807) is 0 Å². The molecule has 5 nitrogen and oxygen atoms in total. The van der Waals surface area contributed by atoms with E-state index in [-0.39, 0.29) is 0 Å². The summed E-state index contributed by atoms with van der Waals surface area (Å²) in [5.41, 5.74) is 2.60. The van der Waals surface area contributed by atoms with Gasteiger partial charge in [0.1, 0.15) is 0 Å². The van der Waals surface area contributed by atoms with Crippen LogP contribution < -0.4 is 10.2 Å². The molecule has 0 spiro atoms. The molecule has 2 aromatic rings. The second-order valence-electron chi connectivity index (χ2n) is 6.38. The first kappa shape index (κ1) is 15.9. The molecule has 23 heavy (non-hydrogen) atoms. The number of ether oxygens (including phenoxy) is 1. The van der Waals surface area contributed by atoms with Gasteiger partial charge in [-0.15, -0.1) is 0 Å². The van der Waals surface area contributed by atoms with Gasteiger partial charge in [0.05, 0.1) is 13.2 Å². The van der Waals surface area contributed by atoms with Crippen molar-refractivity contribution in [2.24, 2.45) is 5.92 Å². The Morgan fingerprint density at radius 1 is 1.22 bits per heavy atom. The Kier molecular flexibility index (Phi) is 5.18. The van der Waals surface area contributed by atoms with Crippen LogP contribution in [0.15, 0.2) is 36.7 Å². The Morgan fingerprint density at radius 2 is 2.00 bits per heavy atom. The number of para-hydroxylation sites is 1. The first-order valence-electron chi connectivity index (χ1n) is 8.39. The van der Waals surface area contributed by atoms with Crippen molar-refractivity contribution in [2.45, 2.75) is 26.9 Å². The Balaban J connectivity index is 1.70. The molecule has 1 aromatic carbocycles. The molecule has 1 N–H and O–H groups in total. The lowest BCUT2D eigenvalue weighted by Crippen LogP contribution is -2.36. The fourth-order valence-electron chi connectivity index (χ4n) is 2.96. The maximum absolute atomic E-state index is 5.46. The van der Waals surface area contributed by atoms with Crippen molar-refractivity contribution in [3.63, 3.8) is 0 Å². The summed E-state index contributed by atoms with van der Waals surface area (Å²) in [5, 5.41) is 3.49. The van der Waals surface area contributed by atoms with E-state index >= 15 is 0 Å². The molecule has 3 rings (SSSR count). The van der Waals surface area contributed by atoms with Crippen molar-refractivity contribution in [1.82, 2.24) is 9.55 Å². The summed E-state index contributed by atoms with van der Waals surface area (Å²) in [6, 6.07) is 8.59. The highest BCUT2D eigenvalue weighted by Gasteiger charge is 2.14. The zero-order valence-electron chi connectivity index (χ0n) is 14.0. The lowest BCUT2D eigenvalue weighted by atomic mass is 10.1. The summed E-state index contributed by atoms with van der Waals surface area (Å²) in [5.74, 6) is 1.54. The summed E-state index contributed by atoms with van der Waals surface area (Å²) in [6.45, 7) is 9.73. The molecule has 5 heteroatoms. The van der Waals surface area contributed by atoms with Gasteiger partial charge >= 0.3 is 0 Å². The minimum absolute atomic E-state index is 0.602. The predicted octanol–water partition coefficient (Wildman–Crippen LogP) is 2.99. The molecule has 0 aliphatic carbocycles. The van der Waals surface area contributed by atoms with Gasteiger partial charge < -0.3 is 19.5 Å². The molecule has 124 valence electrons. The second-order valence-corrected chi connectivity index (χ2v) is 6.38. The molecule has 0 bridgehead atoms. The SMILES string of the molecule is CC(C)Cn1ccnc1NCc1ccccc1N1CCOCC1. The van der Waals surface area contributed by atoms with E-state index < -0.39 is 0 Å². The molecule has 1 fully saturated rings. The average molecular weight is 314 g/mol. The van der Waals surface area contributed by atoms with E-state index in [1.807, 2.05) is 12.4 Å². The van der Waals surface area contributed by atoms with E-state index in [4.69, 9.17) is 4.74 Å². The Labute approximate surface area is 138 Å². The normalized spacial score (nSPS) is 15.2. The van der Waals surface area contributed by atoms with Crippen LogP contribution in [0.1, 0.15) is 19.4 Å². The van der Waals surface area contributed by atoms with Gasteiger partial charge in [-0.1, -0.05) is 32.0 Å². The van der Waals surface area contributed by atoms with Crippen LogP contribution in [-0.4, -0.2) is 35.9 Å². The first-order valence-corrected chi connectivity index (χ1v) is 8.39. The number of hydrogen-bond donors (Lipinski definition) is 1. The van der Waals surface area contributed by atoms with Crippen molar-refractivity contribution >= 4 is 11.6 Å². The average Bonchev–Trinajstić information content (AvgIpc) is 3.00. The number of hydrogen-bond acceptors (Lipinski definition) is 4. The number of imidazole rings is 1. The third-order valence-corrected chi connectivity index (χ3v) is 4.06. The fraction of sp³-hybridized carbons (Fsp3) is 0.500. The fourth-order valence-corrected chi connectivity index (χ4v) is 2.96. The zero-order chi connectivity index (χ0) is 16.1. The zero-order valence-corrected chi connectivity index (χ0v) is 14.0. The maximum atomic E-state index is 5.46. The minimum Gasteiger partial charge on any atom is -0.378 e. The van der Waals surface area contributed by atoms with Crippen LogP contribution >= 0.6 is 0 Å². The van der Waals surface area contributed by atoms with Crippen molar-refractivity contribution < 1.29 is 4.74 Å². The molecule has 1 saturated heterocycles. The van der Waals surface area contributed by atoms with Crippen LogP contribution in [0.25, 0.3) is 0 Å². The Bertz CT molecular complexity index is 617. The second kappa shape index (κ2) is 7.51. The van der Waals surface area contributed by atoms with Crippen molar-refractivity contribution in [3.05, 3.63) is 42.2 Å². The van der Waals surface area contributed by atoms with E-state index in [2.05, 4.69) is 57.9 Å². The number of morpholine rings is 1. The lowest BCUT2D eigenvalue weighted by molar-refractivity contribution is 0.122. The monoisotopic (exact) mass is 314 g/mol. The molecule has 0 radical (unpaired) electrons. The van der Waals surface area contributed by atoms with Crippen molar-refractivity contribution in [2.75, 3.05) is 36.5 Å². The lowest BCUT2D eigenvalue weighted by Gasteiger charge is -2.30. The van der Waals surface area contributed by atoms with Gasteiger partial charge in [-0.05, 0) is 17.5 Å². The van der Waals surface area contributed by atoms with Crippen molar-refractivity contribution in [1.29, 1.82) is 0 Å². The van der Waals surface area contributed by atoms with E-state index in [0.717, 1.165) is 45.3 Å². The quantitative estimate of drug-likeness (QED) is 0.890. The van der Waals surface area contributed by atoms with Crippen LogP contribution in [0, 0.1) is 5.92 Å². The van der Waals surface area contributed by atoms with E-state index in [9.17, 15) is 0 Å². The molecule has 1 aliphatic heterocycles. The predicted molar refractivity (Wildman–Crippen MR) is 93.9 cm³/mol. The number of nitrogens with one attached hydrogen (secondary N) is 1. The number of nitrogens with zero attached hydrogens (tertiary/aromatic N) is 3. The number of anilines is 2. The third-order valence-electron chi connectivity index (χ3n) is 4.06. The number of rotatable bonds is 6. The minimum atomic E-state index is 0.602. The molecule has 1 aromatic heterocycles. The summed E-state index contributed by atoms with van der Waals surface area (Å²) in [7, 11) is 0. The molecular weight excluding hydrogens is 288 g/mol. The highest BCUT2D eigenvalue weighted by Crippen LogP contribution is 2.22. The van der Waals surface area contributed by atoms with Crippen LogP contribution in [0.4, 0.5) is 11.6 Å². The van der Waals surface area contributed by atoms with Crippen LogP contribution in [0.2, 0.25) is 0 Å². The molecule has 0 atom stereocenters. The Morgan fingerprint density at radius 3 is 2.78 bits per heavy atom. The van der Waals surface area contributed by atoms with Gasteiger partial charge in [-0.2, -0.15) is 0 Å². The highest BCUT2D eigenvalue weighted by atomic mass is 16.5. The molecule has 1 aliphatic rings. The third kappa shape index (κ3) is 4.05. The Hall–Kier alpha value is -2.01. The standard InChI is InChI=1S/C18H26N4O/c1-15(2)14-22-8-7-19-18(22)20-13-16-5-3-4-6-17(16)21-9-11-23-12-10-21/h3-8,15H,9-14H2,1-2H3,(H,19,20). The molecular formula is C18H26N4O. The first-order chi connectivity index (χ1) is 11.2. The van der Waals surface area contributed by atoms with Gasteiger partial charge in [0, 0.05) is 44.3 Å². The van der Waals surface area contributed by atoms with Crippen LogP contribution in [0.5, 0.6) is 0 Å². The van der Waals surface area contributed by atoms with E-state index in [1.165, 1.54) is 11.3 Å². The van der Waals surface area contributed by atoms with E-state index in [0.29, 0.717) is 5.92 Å². The van der Waals surface area contributed by atoms with Crippen LogP contribution in [-0.2, 0) is 17.8 Å². The number of aromatic nitrogens is 2. The van der Waals surface area contributed by atoms with Gasteiger partial charge in [0.15, 0.2) is 0 Å². The smallest absolute Gasteiger partial charge is 0.203 e. The summed E-state index contributed by atoms with van der Waals surface area (Å²) in [4.78, 5) is 6.85. The summed E-state index contributed by atoms with van der Waals surface area (Å²) >= 11 is 0. The van der Waals surface area contributed by atoms with Gasteiger partial charge in [-0.3, -0.25) is 0 Å². The topological polar surface area (TPSA) is 42.3 Å². The molecule has 2 heterocycles. The van der Waals surface area contributed by atoms with Crippen molar-refractivity contribution in [3.8, 4) is 0 Å². The maximum Gasteiger partial charge on any atom is 0.203 e. The van der Waals surface area contributed by atoms with Gasteiger partial charge in [0.25, 0.3) is 0 Å². The highest BCUT2D eigenvalue weighted by molar-refractivity contribution is 5.55. The molecule has 0 amide bonds. The molecule has 0 saturated carbocycles. The summed E-state index contributed by atoms with van der Waals surface area (Å²) in [6.07, 6.45) is 3.90. The summed E-state index contributed by atoms with van der Waals surface area (Å²) < 4.78 is 7.64. The van der Waals surface area contributed by atoms with Gasteiger partial charge in [0.2, 0.25) is 5.95 Å². The molecule has 0 unspecified atom stereocenters. The number of benzene rings is 1.